The lowest BCUT2D eigenvalue weighted by molar-refractivity contribution is 0.452. The van der Waals surface area contributed by atoms with Gasteiger partial charge in [0.1, 0.15) is 11.6 Å². The highest BCUT2D eigenvalue weighted by atomic mass is 35.5. The highest BCUT2D eigenvalue weighted by molar-refractivity contribution is 6.28. The molecule has 1 heterocycles. The third-order valence-electron chi connectivity index (χ3n) is 2.94. The third-order valence-corrected chi connectivity index (χ3v) is 3.14. The molecule has 0 amide bonds. The average Bonchev–Trinajstić information content (AvgIpc) is 2.69. The molecule has 1 aromatic carbocycles. The van der Waals surface area contributed by atoms with Crippen molar-refractivity contribution in [3.8, 4) is 0 Å². The molecule has 2 aromatic rings. The zero-order valence-electron chi connectivity index (χ0n) is 10.6. The van der Waals surface area contributed by atoms with Gasteiger partial charge in [-0.1, -0.05) is 6.07 Å². The van der Waals surface area contributed by atoms with Crippen LogP contribution in [0.15, 0.2) is 28.7 Å². The zero-order chi connectivity index (χ0) is 13.3. The molecule has 4 heteroatoms. The summed E-state index contributed by atoms with van der Waals surface area (Å²) in [6, 6.07) is 6.55. The molecule has 0 aliphatic rings. The van der Waals surface area contributed by atoms with E-state index < -0.39 is 0 Å². The van der Waals surface area contributed by atoms with Gasteiger partial charge in [-0.3, -0.25) is 0 Å². The van der Waals surface area contributed by atoms with Gasteiger partial charge in [0.15, 0.2) is 5.22 Å². The molecule has 0 aliphatic carbocycles. The largest absolute Gasteiger partial charge is 0.448 e. The van der Waals surface area contributed by atoms with E-state index in [9.17, 15) is 4.39 Å². The molecule has 1 atom stereocenters. The Hall–Kier alpha value is -1.32. The molecule has 0 fully saturated rings. The van der Waals surface area contributed by atoms with E-state index in [1.54, 1.807) is 19.2 Å². The molecule has 2 nitrogen and oxygen atoms in total. The first kappa shape index (κ1) is 13.1. The summed E-state index contributed by atoms with van der Waals surface area (Å²) in [6.45, 7) is 3.76. The molecule has 1 unspecified atom stereocenters. The van der Waals surface area contributed by atoms with Crippen molar-refractivity contribution >= 4 is 11.6 Å². The second-order valence-corrected chi connectivity index (χ2v) is 4.71. The first-order valence-electron chi connectivity index (χ1n) is 5.72. The summed E-state index contributed by atoms with van der Waals surface area (Å²) in [7, 11) is 1.76. The smallest absolute Gasteiger partial charge is 0.193 e. The molecule has 96 valence electrons. The summed E-state index contributed by atoms with van der Waals surface area (Å²) < 4.78 is 19.5. The maximum Gasteiger partial charge on any atom is 0.193 e. The van der Waals surface area contributed by atoms with Crippen LogP contribution in [-0.4, -0.2) is 7.05 Å². The maximum absolute atomic E-state index is 14.1. The van der Waals surface area contributed by atoms with Crippen molar-refractivity contribution in [2.24, 2.45) is 0 Å². The molecule has 1 aromatic heterocycles. The summed E-state index contributed by atoms with van der Waals surface area (Å²) in [5.74, 6) is 0.368. The van der Waals surface area contributed by atoms with E-state index in [0.717, 1.165) is 11.1 Å². The molecular formula is C14H15ClFNO. The first-order chi connectivity index (χ1) is 8.52. The molecule has 0 aliphatic heterocycles. The van der Waals surface area contributed by atoms with Gasteiger partial charge >= 0.3 is 0 Å². The molecule has 2 rings (SSSR count). The van der Waals surface area contributed by atoms with E-state index >= 15 is 0 Å². The average molecular weight is 268 g/mol. The fraction of sp³-hybridized carbons (Fsp3) is 0.286. The standard InChI is InChI=1S/C14H15ClFNO/c1-8-6-9(2)13(10(16)7-8)14(17-3)11-4-5-12(15)18-11/h4-7,14,17H,1-3H3. The number of benzene rings is 1. The molecule has 0 radical (unpaired) electrons. The number of halogens is 2. The Kier molecular flexibility index (Phi) is 3.73. The van der Waals surface area contributed by atoms with E-state index in [1.807, 2.05) is 19.9 Å². The molecular weight excluding hydrogens is 253 g/mol. The molecule has 0 bridgehead atoms. The number of hydrogen-bond acceptors (Lipinski definition) is 2. The van der Waals surface area contributed by atoms with E-state index in [4.69, 9.17) is 16.0 Å². The van der Waals surface area contributed by atoms with Crippen molar-refractivity contribution in [1.29, 1.82) is 0 Å². The Labute approximate surface area is 111 Å². The lowest BCUT2D eigenvalue weighted by Gasteiger charge is -2.18. The van der Waals surface area contributed by atoms with Crippen LogP contribution in [0.3, 0.4) is 0 Å². The summed E-state index contributed by atoms with van der Waals surface area (Å²) in [6.07, 6.45) is 0. The zero-order valence-corrected chi connectivity index (χ0v) is 11.3. The van der Waals surface area contributed by atoms with E-state index in [1.165, 1.54) is 6.07 Å². The van der Waals surface area contributed by atoms with Gasteiger partial charge in [-0.2, -0.15) is 0 Å². The SMILES string of the molecule is CNC(c1ccc(Cl)o1)c1c(C)cc(C)cc1F. The van der Waals surface area contributed by atoms with Crippen molar-refractivity contribution in [1.82, 2.24) is 5.32 Å². The van der Waals surface area contributed by atoms with Crippen LogP contribution in [-0.2, 0) is 0 Å². The lowest BCUT2D eigenvalue weighted by atomic mass is 9.97. The third kappa shape index (κ3) is 2.42. The van der Waals surface area contributed by atoms with Crippen LogP contribution in [0.5, 0.6) is 0 Å². The molecule has 0 saturated heterocycles. The highest BCUT2D eigenvalue weighted by Crippen LogP contribution is 2.30. The fourth-order valence-electron chi connectivity index (χ4n) is 2.20. The van der Waals surface area contributed by atoms with Crippen molar-refractivity contribution in [2.75, 3.05) is 7.05 Å². The Morgan fingerprint density at radius 3 is 2.50 bits per heavy atom. The van der Waals surface area contributed by atoms with Crippen LogP contribution in [0, 0.1) is 19.7 Å². The van der Waals surface area contributed by atoms with Crippen molar-refractivity contribution in [3.05, 3.63) is 57.8 Å². The number of nitrogens with one attached hydrogen (secondary N) is 1. The summed E-state index contributed by atoms with van der Waals surface area (Å²) in [5.41, 5.74) is 2.38. The Balaban J connectivity index is 2.51. The number of aryl methyl sites for hydroxylation is 2. The monoisotopic (exact) mass is 267 g/mol. The summed E-state index contributed by atoms with van der Waals surface area (Å²) in [4.78, 5) is 0. The fourth-order valence-corrected chi connectivity index (χ4v) is 2.36. The molecule has 1 N–H and O–H groups in total. The second kappa shape index (κ2) is 5.12. The number of furan rings is 1. The highest BCUT2D eigenvalue weighted by Gasteiger charge is 2.21. The van der Waals surface area contributed by atoms with Gasteiger partial charge in [-0.25, -0.2) is 4.39 Å². The van der Waals surface area contributed by atoms with Gasteiger partial charge in [0.25, 0.3) is 0 Å². The minimum absolute atomic E-state index is 0.237. The predicted octanol–water partition coefficient (Wildman–Crippen LogP) is 4.00. The van der Waals surface area contributed by atoms with Crippen molar-refractivity contribution < 1.29 is 8.81 Å². The van der Waals surface area contributed by atoms with Gasteiger partial charge in [0, 0.05) is 5.56 Å². The van der Waals surface area contributed by atoms with Gasteiger partial charge < -0.3 is 9.73 Å². The maximum atomic E-state index is 14.1. The van der Waals surface area contributed by atoms with Gasteiger partial charge in [0.05, 0.1) is 6.04 Å². The van der Waals surface area contributed by atoms with Crippen LogP contribution >= 0.6 is 11.6 Å². The number of hydrogen-bond donors (Lipinski definition) is 1. The van der Waals surface area contributed by atoms with Crippen LogP contribution in [0.2, 0.25) is 5.22 Å². The first-order valence-corrected chi connectivity index (χ1v) is 6.10. The normalized spacial score (nSPS) is 12.7. The molecule has 18 heavy (non-hydrogen) atoms. The van der Waals surface area contributed by atoms with Crippen LogP contribution in [0.1, 0.15) is 28.5 Å². The van der Waals surface area contributed by atoms with E-state index in [2.05, 4.69) is 5.32 Å². The van der Waals surface area contributed by atoms with Crippen LogP contribution in [0.25, 0.3) is 0 Å². The van der Waals surface area contributed by atoms with Gasteiger partial charge in [-0.15, -0.1) is 0 Å². The summed E-state index contributed by atoms with van der Waals surface area (Å²) in [5, 5.41) is 3.36. The van der Waals surface area contributed by atoms with Gasteiger partial charge in [-0.05, 0) is 61.8 Å². The van der Waals surface area contributed by atoms with Crippen molar-refractivity contribution in [2.45, 2.75) is 19.9 Å². The summed E-state index contributed by atoms with van der Waals surface area (Å²) >= 11 is 5.77. The predicted molar refractivity (Wildman–Crippen MR) is 70.5 cm³/mol. The quantitative estimate of drug-likeness (QED) is 0.909. The van der Waals surface area contributed by atoms with Crippen LogP contribution < -0.4 is 5.32 Å². The number of rotatable bonds is 3. The Morgan fingerprint density at radius 2 is 2.00 bits per heavy atom. The minimum Gasteiger partial charge on any atom is -0.448 e. The Bertz CT molecular complexity index is 542. The topological polar surface area (TPSA) is 25.2 Å². The van der Waals surface area contributed by atoms with Crippen molar-refractivity contribution in [3.63, 3.8) is 0 Å². The van der Waals surface area contributed by atoms with Gasteiger partial charge in [0.2, 0.25) is 0 Å². The lowest BCUT2D eigenvalue weighted by Crippen LogP contribution is -2.19. The minimum atomic E-state index is -0.335. The molecule has 0 saturated carbocycles. The molecule has 0 spiro atoms. The Morgan fingerprint density at radius 1 is 1.28 bits per heavy atom. The van der Waals surface area contributed by atoms with E-state index in [-0.39, 0.29) is 11.9 Å². The van der Waals surface area contributed by atoms with E-state index in [0.29, 0.717) is 16.5 Å². The van der Waals surface area contributed by atoms with Crippen LogP contribution in [0.4, 0.5) is 4.39 Å². The second-order valence-electron chi connectivity index (χ2n) is 4.34.